The second kappa shape index (κ2) is 22.2. The minimum atomic E-state index is 0.360. The number of rotatable bonds is 26. The molecule has 0 fully saturated rings. The number of fused-ring (bicyclic) bond motifs is 1. The molecule has 1 heterocycles. The van der Waals surface area contributed by atoms with Crippen LogP contribution in [0.25, 0.3) is 16.7 Å². The van der Waals surface area contributed by atoms with Crippen LogP contribution in [0.2, 0.25) is 0 Å². The van der Waals surface area contributed by atoms with Crippen LogP contribution in [0.5, 0.6) is 5.75 Å². The average Bonchev–Trinajstić information content (AvgIpc) is 3.46. The Hall–Kier alpha value is -2.36. The van der Waals surface area contributed by atoms with Crippen LogP contribution < -0.4 is 0 Å². The summed E-state index contributed by atoms with van der Waals surface area (Å²) in [5, 5.41) is 21.1. The van der Waals surface area contributed by atoms with Gasteiger partial charge in [0.2, 0.25) is 0 Å². The van der Waals surface area contributed by atoms with Gasteiger partial charge in [0.1, 0.15) is 22.5 Å². The van der Waals surface area contributed by atoms with Crippen molar-refractivity contribution in [2.45, 2.75) is 181 Å². The Kier molecular flexibility index (Phi) is 18.2. The Morgan fingerprint density at radius 1 is 0.477 bits per heavy atom. The Morgan fingerprint density at radius 2 is 0.955 bits per heavy atom. The predicted octanol–water partition coefficient (Wildman–Crippen LogP) is 12.4. The average molecular weight is 604 g/mol. The zero-order valence-corrected chi connectivity index (χ0v) is 28.9. The van der Waals surface area contributed by atoms with Gasteiger partial charge in [0, 0.05) is 0 Å². The molecule has 0 aliphatic carbocycles. The lowest BCUT2D eigenvalue weighted by Crippen LogP contribution is -2.03. The molecule has 3 rings (SSSR count). The zero-order chi connectivity index (χ0) is 31.2. The van der Waals surface area contributed by atoms with Gasteiger partial charge in [0.25, 0.3) is 0 Å². The molecule has 44 heavy (non-hydrogen) atoms. The summed E-state index contributed by atoms with van der Waals surface area (Å²) in [5.74, 6) is 0.360. The molecule has 4 heteroatoms. The van der Waals surface area contributed by atoms with Gasteiger partial charge in [-0.15, -0.1) is 15.0 Å². The molecule has 1 N–H and O–H groups in total. The summed E-state index contributed by atoms with van der Waals surface area (Å²) < 4.78 is 0. The maximum absolute atomic E-state index is 11.5. The topological polar surface area (TPSA) is 50.9 Å². The van der Waals surface area contributed by atoms with Crippen molar-refractivity contribution in [3.05, 3.63) is 47.0 Å². The number of hydrogen-bond acceptors (Lipinski definition) is 3. The van der Waals surface area contributed by atoms with E-state index >= 15 is 0 Å². The number of benzene rings is 2. The summed E-state index contributed by atoms with van der Waals surface area (Å²) in [7, 11) is 0. The van der Waals surface area contributed by atoms with E-state index in [9.17, 15) is 5.11 Å². The van der Waals surface area contributed by atoms with Crippen LogP contribution >= 0.6 is 0 Å². The summed E-state index contributed by atoms with van der Waals surface area (Å²) in [6.07, 6.45) is 32.1. The van der Waals surface area contributed by atoms with Crippen molar-refractivity contribution in [1.29, 1.82) is 0 Å². The number of phenols is 1. The molecule has 0 saturated carbocycles. The number of aryl methyl sites for hydroxylation is 3. The van der Waals surface area contributed by atoms with Crippen LogP contribution in [0.1, 0.15) is 179 Å². The van der Waals surface area contributed by atoms with Crippen molar-refractivity contribution in [3.63, 3.8) is 0 Å². The lowest BCUT2D eigenvalue weighted by molar-refractivity contribution is 0.458. The fraction of sp³-hybridized carbons (Fsp3) is 0.700. The first-order chi connectivity index (χ1) is 21.7. The standard InChI is InChI=1S/C40H65N3O/c1-4-7-10-12-14-16-18-20-22-24-27-35-31-36(28-25-23-21-19-17-15-13-11-8-5-2)40(44)39(33-35)43-41-37-30-29-34(26-9-6-3)32-38(37)42-43/h29-33,44H,4-28H2,1-3H3. The third-order valence-electron chi connectivity index (χ3n) is 9.33. The van der Waals surface area contributed by atoms with Crippen LogP contribution in [0, 0.1) is 0 Å². The Labute approximate surface area is 270 Å². The molecule has 0 spiro atoms. The van der Waals surface area contributed by atoms with Gasteiger partial charge in [0.05, 0.1) is 0 Å². The molecular formula is C40H65N3O. The smallest absolute Gasteiger partial charge is 0.146 e. The number of hydrogen-bond donors (Lipinski definition) is 1. The number of aromatic nitrogens is 3. The second-order valence-corrected chi connectivity index (χ2v) is 13.4. The van der Waals surface area contributed by atoms with E-state index in [0.717, 1.165) is 48.0 Å². The van der Waals surface area contributed by atoms with E-state index in [1.807, 2.05) is 0 Å². The molecule has 0 unspecified atom stereocenters. The highest BCUT2D eigenvalue weighted by molar-refractivity contribution is 5.75. The van der Waals surface area contributed by atoms with Gasteiger partial charge in [-0.1, -0.05) is 155 Å². The maximum Gasteiger partial charge on any atom is 0.146 e. The molecule has 4 nitrogen and oxygen atoms in total. The largest absolute Gasteiger partial charge is 0.505 e. The Morgan fingerprint density at radius 3 is 1.52 bits per heavy atom. The molecule has 2 aromatic carbocycles. The lowest BCUT2D eigenvalue weighted by atomic mass is 9.98. The van der Waals surface area contributed by atoms with Crippen molar-refractivity contribution in [3.8, 4) is 11.4 Å². The number of phenolic OH excluding ortho intramolecular Hbond substituents is 1. The molecular weight excluding hydrogens is 538 g/mol. The summed E-state index contributed by atoms with van der Waals surface area (Å²) in [4.78, 5) is 1.69. The summed E-state index contributed by atoms with van der Waals surface area (Å²) in [6.45, 7) is 6.80. The SMILES string of the molecule is CCCCCCCCCCCCc1cc(CCCCCCCCCCCC)c(O)c(-n2nc3ccc(CCCC)cc3n2)c1. The minimum absolute atomic E-state index is 0.360. The van der Waals surface area contributed by atoms with E-state index < -0.39 is 0 Å². The van der Waals surface area contributed by atoms with Crippen molar-refractivity contribution in [1.82, 2.24) is 15.0 Å². The quantitative estimate of drug-likeness (QED) is 0.0928. The molecule has 246 valence electrons. The van der Waals surface area contributed by atoms with Crippen LogP contribution in [0.3, 0.4) is 0 Å². The third kappa shape index (κ3) is 13.3. The molecule has 0 bridgehead atoms. The molecule has 0 atom stereocenters. The highest BCUT2D eigenvalue weighted by atomic mass is 16.3. The van der Waals surface area contributed by atoms with Crippen LogP contribution in [-0.4, -0.2) is 20.1 Å². The zero-order valence-electron chi connectivity index (χ0n) is 28.9. The van der Waals surface area contributed by atoms with Gasteiger partial charge in [-0.25, -0.2) is 0 Å². The van der Waals surface area contributed by atoms with Crippen LogP contribution in [0.15, 0.2) is 30.3 Å². The highest BCUT2D eigenvalue weighted by Crippen LogP contribution is 2.31. The van der Waals surface area contributed by atoms with Crippen molar-refractivity contribution >= 4 is 11.0 Å². The van der Waals surface area contributed by atoms with E-state index in [0.29, 0.717) is 5.75 Å². The first kappa shape index (κ1) is 36.1. The van der Waals surface area contributed by atoms with E-state index in [-0.39, 0.29) is 0 Å². The molecule has 0 radical (unpaired) electrons. The van der Waals surface area contributed by atoms with Gasteiger partial charge < -0.3 is 5.11 Å². The van der Waals surface area contributed by atoms with Gasteiger partial charge in [-0.2, -0.15) is 0 Å². The first-order valence-corrected chi connectivity index (χ1v) is 18.9. The third-order valence-corrected chi connectivity index (χ3v) is 9.33. The molecule has 0 saturated heterocycles. The molecule has 3 aromatic rings. The first-order valence-electron chi connectivity index (χ1n) is 18.9. The van der Waals surface area contributed by atoms with Gasteiger partial charge in [0.15, 0.2) is 0 Å². The van der Waals surface area contributed by atoms with E-state index in [1.54, 1.807) is 4.80 Å². The monoisotopic (exact) mass is 604 g/mol. The number of unbranched alkanes of at least 4 members (excludes halogenated alkanes) is 19. The van der Waals surface area contributed by atoms with Crippen molar-refractivity contribution in [2.24, 2.45) is 0 Å². The minimum Gasteiger partial charge on any atom is -0.505 e. The molecule has 0 aliphatic heterocycles. The fourth-order valence-electron chi connectivity index (χ4n) is 6.45. The van der Waals surface area contributed by atoms with Crippen molar-refractivity contribution in [2.75, 3.05) is 0 Å². The number of aromatic hydroxyl groups is 1. The molecule has 0 amide bonds. The summed E-state index contributed by atoms with van der Waals surface area (Å²) >= 11 is 0. The van der Waals surface area contributed by atoms with Gasteiger partial charge in [-0.3, -0.25) is 0 Å². The van der Waals surface area contributed by atoms with Crippen LogP contribution in [0.4, 0.5) is 0 Å². The molecule has 1 aromatic heterocycles. The Bertz CT molecular complexity index is 1170. The van der Waals surface area contributed by atoms with Crippen molar-refractivity contribution < 1.29 is 5.11 Å². The lowest BCUT2D eigenvalue weighted by Gasteiger charge is -2.13. The van der Waals surface area contributed by atoms with Crippen LogP contribution in [-0.2, 0) is 19.3 Å². The number of nitrogens with zero attached hydrogens (tertiary/aromatic N) is 3. The van der Waals surface area contributed by atoms with E-state index in [2.05, 4.69) is 51.1 Å². The van der Waals surface area contributed by atoms with Gasteiger partial charge >= 0.3 is 0 Å². The highest BCUT2D eigenvalue weighted by Gasteiger charge is 2.15. The van der Waals surface area contributed by atoms with E-state index in [4.69, 9.17) is 10.2 Å². The fourth-order valence-corrected chi connectivity index (χ4v) is 6.45. The normalized spacial score (nSPS) is 11.6. The summed E-state index contributed by atoms with van der Waals surface area (Å²) in [6, 6.07) is 10.8. The maximum atomic E-state index is 11.5. The van der Waals surface area contributed by atoms with E-state index in [1.165, 1.54) is 146 Å². The molecule has 0 aliphatic rings. The van der Waals surface area contributed by atoms with Gasteiger partial charge in [-0.05, 0) is 73.4 Å². The predicted molar refractivity (Wildman–Crippen MR) is 190 cm³/mol. The second-order valence-electron chi connectivity index (χ2n) is 13.4. The summed E-state index contributed by atoms with van der Waals surface area (Å²) in [5.41, 5.74) is 6.23. The Balaban J connectivity index is 1.60.